The number of carboxylic acid groups (broad SMARTS) is 1. The van der Waals surface area contributed by atoms with Gasteiger partial charge in [0.15, 0.2) is 0 Å². The summed E-state index contributed by atoms with van der Waals surface area (Å²) in [4.78, 5) is 25.8. The molecule has 9 nitrogen and oxygen atoms in total. The van der Waals surface area contributed by atoms with Gasteiger partial charge in [-0.25, -0.2) is 4.79 Å². The van der Waals surface area contributed by atoms with Gasteiger partial charge < -0.3 is 31.2 Å². The number of rotatable bonds is 7. The molecule has 152 valence electrons. The normalized spacial score (nSPS) is 20.4. The number of nitrogens with zero attached hydrogens (tertiary/aromatic N) is 1. The van der Waals surface area contributed by atoms with E-state index in [0.717, 1.165) is 32.5 Å². The number of piperidine rings is 1. The molecule has 0 aromatic heterocycles. The molecule has 1 aromatic carbocycles. The lowest BCUT2D eigenvalue weighted by molar-refractivity contribution is -0.123. The van der Waals surface area contributed by atoms with Crippen LogP contribution < -0.4 is 21.0 Å². The molecule has 0 spiro atoms. The molecule has 2 aliphatic heterocycles. The van der Waals surface area contributed by atoms with Crippen molar-refractivity contribution in [1.29, 1.82) is 0 Å². The van der Waals surface area contributed by atoms with Gasteiger partial charge in [0.1, 0.15) is 5.75 Å². The molecule has 0 bridgehead atoms. The molecule has 1 fully saturated rings. The highest BCUT2D eigenvalue weighted by Gasteiger charge is 2.37. The second-order valence-electron chi connectivity index (χ2n) is 7.28. The molecule has 10 heteroatoms. The predicted octanol–water partition coefficient (Wildman–Crippen LogP) is -1.16. The molecule has 3 rings (SSSR count). The Morgan fingerprint density at radius 2 is 2.07 bits per heavy atom. The van der Waals surface area contributed by atoms with Crippen LogP contribution in [0, 0.1) is 0 Å². The van der Waals surface area contributed by atoms with Gasteiger partial charge >= 0.3 is 13.1 Å². The van der Waals surface area contributed by atoms with Crippen LogP contribution in [0.1, 0.15) is 28.8 Å². The SMILES string of the molecule is NCCNC1CCN(CC(=O)NC2Cc3cccc(C(=O)O)c3OB2O)CC1. The van der Waals surface area contributed by atoms with Crippen LogP contribution in [0.5, 0.6) is 5.75 Å². The van der Waals surface area contributed by atoms with Crippen molar-refractivity contribution in [3.8, 4) is 5.75 Å². The monoisotopic (exact) mass is 390 g/mol. The van der Waals surface area contributed by atoms with Crippen LogP contribution in [-0.2, 0) is 11.2 Å². The Morgan fingerprint density at radius 3 is 2.75 bits per heavy atom. The number of nitrogens with two attached hydrogens (primary N) is 1. The third kappa shape index (κ3) is 5.02. The summed E-state index contributed by atoms with van der Waals surface area (Å²) >= 11 is 0. The van der Waals surface area contributed by atoms with Gasteiger partial charge in [-0.3, -0.25) is 9.69 Å². The highest BCUT2D eigenvalue weighted by atomic mass is 16.5. The Bertz CT molecular complexity index is 711. The van der Waals surface area contributed by atoms with Crippen molar-refractivity contribution >= 4 is 19.0 Å². The molecular formula is C18H27BN4O5. The summed E-state index contributed by atoms with van der Waals surface area (Å²) in [5.74, 6) is -1.75. The zero-order chi connectivity index (χ0) is 20.1. The molecule has 1 atom stereocenters. The topological polar surface area (TPSA) is 137 Å². The summed E-state index contributed by atoms with van der Waals surface area (Å²) in [6.07, 6.45) is 2.25. The first-order valence-corrected chi connectivity index (χ1v) is 9.63. The summed E-state index contributed by atoms with van der Waals surface area (Å²) in [7, 11) is -1.29. The summed E-state index contributed by atoms with van der Waals surface area (Å²) in [6, 6.07) is 5.24. The zero-order valence-corrected chi connectivity index (χ0v) is 15.8. The fourth-order valence-electron chi connectivity index (χ4n) is 3.75. The number of fused-ring (bicyclic) bond motifs is 1. The molecule has 0 aliphatic carbocycles. The maximum Gasteiger partial charge on any atom is 0.547 e. The third-order valence-corrected chi connectivity index (χ3v) is 5.23. The average Bonchev–Trinajstić information content (AvgIpc) is 2.67. The van der Waals surface area contributed by atoms with E-state index in [-0.39, 0.29) is 23.8 Å². The van der Waals surface area contributed by atoms with E-state index >= 15 is 0 Å². The quantitative estimate of drug-likeness (QED) is 0.368. The van der Waals surface area contributed by atoms with Crippen LogP contribution in [-0.4, -0.2) is 78.7 Å². The van der Waals surface area contributed by atoms with E-state index in [9.17, 15) is 19.7 Å². The lowest BCUT2D eigenvalue weighted by Gasteiger charge is -2.33. The van der Waals surface area contributed by atoms with E-state index in [1.165, 1.54) is 6.07 Å². The maximum atomic E-state index is 12.4. The van der Waals surface area contributed by atoms with Crippen LogP contribution in [0.4, 0.5) is 0 Å². The minimum atomic E-state index is -1.29. The molecule has 1 saturated heterocycles. The predicted molar refractivity (Wildman–Crippen MR) is 104 cm³/mol. The fraction of sp³-hybridized carbons (Fsp3) is 0.556. The maximum absolute atomic E-state index is 12.4. The Balaban J connectivity index is 1.51. The van der Waals surface area contributed by atoms with Crippen LogP contribution in [0.15, 0.2) is 18.2 Å². The third-order valence-electron chi connectivity index (χ3n) is 5.23. The number of likely N-dealkylation sites (tertiary alicyclic amines) is 1. The second-order valence-corrected chi connectivity index (χ2v) is 7.28. The molecular weight excluding hydrogens is 363 g/mol. The summed E-state index contributed by atoms with van der Waals surface area (Å²) in [5.41, 5.74) is 6.17. The molecule has 0 radical (unpaired) electrons. The van der Waals surface area contributed by atoms with Gasteiger partial charge in [0.25, 0.3) is 0 Å². The fourth-order valence-corrected chi connectivity index (χ4v) is 3.75. The molecule has 28 heavy (non-hydrogen) atoms. The van der Waals surface area contributed by atoms with Crippen molar-refractivity contribution in [2.45, 2.75) is 31.2 Å². The number of amides is 1. The first-order valence-electron chi connectivity index (χ1n) is 9.63. The van der Waals surface area contributed by atoms with Crippen LogP contribution in [0.25, 0.3) is 0 Å². The van der Waals surface area contributed by atoms with Crippen LogP contribution in [0.2, 0.25) is 0 Å². The number of nitrogens with one attached hydrogen (secondary N) is 2. The summed E-state index contributed by atoms with van der Waals surface area (Å²) in [5, 5.41) is 25.7. The smallest absolute Gasteiger partial charge is 0.534 e. The van der Waals surface area contributed by atoms with Crippen molar-refractivity contribution in [3.05, 3.63) is 29.3 Å². The lowest BCUT2D eigenvalue weighted by Crippen LogP contribution is -2.55. The minimum Gasteiger partial charge on any atom is -0.534 e. The first-order chi connectivity index (χ1) is 13.5. The Kier molecular flexibility index (Phi) is 6.90. The summed E-state index contributed by atoms with van der Waals surface area (Å²) in [6.45, 7) is 3.32. The number of benzene rings is 1. The molecule has 2 aliphatic rings. The zero-order valence-electron chi connectivity index (χ0n) is 15.8. The highest BCUT2D eigenvalue weighted by molar-refractivity contribution is 6.47. The van der Waals surface area contributed by atoms with Crippen molar-refractivity contribution in [3.63, 3.8) is 0 Å². The Morgan fingerprint density at radius 1 is 1.32 bits per heavy atom. The van der Waals surface area contributed by atoms with E-state index in [4.69, 9.17) is 10.4 Å². The van der Waals surface area contributed by atoms with Crippen molar-refractivity contribution < 1.29 is 24.4 Å². The standard InChI is InChI=1S/C18H27BN4O5/c20-6-7-21-13-4-8-23(9-5-13)11-16(24)22-15-10-12-2-1-3-14(18(25)26)17(12)28-19(15)27/h1-3,13,15,21,27H,4-11,20H2,(H,22,24)(H,25,26). The number of carboxylic acids is 1. The van der Waals surface area contributed by atoms with E-state index in [1.807, 2.05) is 0 Å². The van der Waals surface area contributed by atoms with Gasteiger partial charge in [0.05, 0.1) is 18.0 Å². The Hall–Kier alpha value is -2.14. The molecule has 2 heterocycles. The van der Waals surface area contributed by atoms with E-state index in [1.54, 1.807) is 12.1 Å². The number of hydrogen-bond acceptors (Lipinski definition) is 7. The molecule has 1 aromatic rings. The van der Waals surface area contributed by atoms with Crippen molar-refractivity contribution in [2.24, 2.45) is 5.73 Å². The van der Waals surface area contributed by atoms with E-state index in [2.05, 4.69) is 15.5 Å². The van der Waals surface area contributed by atoms with Gasteiger partial charge in [0, 0.05) is 32.2 Å². The largest absolute Gasteiger partial charge is 0.547 e. The molecule has 6 N–H and O–H groups in total. The average molecular weight is 390 g/mol. The van der Waals surface area contributed by atoms with Gasteiger partial charge in [-0.05, 0) is 30.9 Å². The van der Waals surface area contributed by atoms with E-state index < -0.39 is 19.0 Å². The highest BCUT2D eigenvalue weighted by Crippen LogP contribution is 2.30. The first kappa shape index (κ1) is 20.6. The summed E-state index contributed by atoms with van der Waals surface area (Å²) < 4.78 is 5.41. The van der Waals surface area contributed by atoms with Gasteiger partial charge in [-0.2, -0.15) is 0 Å². The van der Waals surface area contributed by atoms with Gasteiger partial charge in [-0.1, -0.05) is 12.1 Å². The number of para-hydroxylation sites is 1. The number of aromatic carboxylic acids is 1. The number of carbonyl (C=O) groups excluding carboxylic acids is 1. The van der Waals surface area contributed by atoms with Gasteiger partial charge in [0.2, 0.25) is 5.91 Å². The van der Waals surface area contributed by atoms with Gasteiger partial charge in [-0.15, -0.1) is 0 Å². The molecule has 0 saturated carbocycles. The molecule has 1 amide bonds. The molecule has 1 unspecified atom stereocenters. The van der Waals surface area contributed by atoms with Crippen molar-refractivity contribution in [2.75, 3.05) is 32.7 Å². The minimum absolute atomic E-state index is 0.00689. The van der Waals surface area contributed by atoms with Crippen molar-refractivity contribution in [1.82, 2.24) is 15.5 Å². The van der Waals surface area contributed by atoms with Crippen LogP contribution >= 0.6 is 0 Å². The number of hydrogen-bond donors (Lipinski definition) is 5. The number of carbonyl (C=O) groups is 2. The Labute approximate surface area is 164 Å². The van der Waals surface area contributed by atoms with Crippen LogP contribution in [0.3, 0.4) is 0 Å². The second kappa shape index (κ2) is 9.38. The lowest BCUT2D eigenvalue weighted by atomic mass is 9.72. The van der Waals surface area contributed by atoms with E-state index in [0.29, 0.717) is 24.6 Å².